The maximum atomic E-state index is 13.0. The van der Waals surface area contributed by atoms with E-state index in [0.29, 0.717) is 12.0 Å². The number of amides is 2. The molecule has 2 aliphatic rings. The van der Waals surface area contributed by atoms with Crippen molar-refractivity contribution in [1.82, 2.24) is 4.90 Å². The molecule has 0 N–H and O–H groups in total. The van der Waals surface area contributed by atoms with Crippen LogP contribution in [0.1, 0.15) is 27.5 Å². The number of nitrogens with zero attached hydrogens (tertiary/aromatic N) is 1. The number of hydrogen-bond donors (Lipinski definition) is 0. The van der Waals surface area contributed by atoms with Crippen LogP contribution in [-0.4, -0.2) is 22.5 Å². The van der Waals surface area contributed by atoms with Crippen molar-refractivity contribution in [2.45, 2.75) is 12.5 Å². The maximum Gasteiger partial charge on any atom is 0.254 e. The summed E-state index contributed by atoms with van der Waals surface area (Å²) in [6, 6.07) is 16.1. The lowest BCUT2D eigenvalue weighted by Crippen LogP contribution is -2.39. The molecule has 2 atom stereocenters. The molecule has 0 bridgehead atoms. The van der Waals surface area contributed by atoms with Gasteiger partial charge in [0.05, 0.1) is 12.0 Å². The van der Waals surface area contributed by atoms with Crippen molar-refractivity contribution in [2.75, 3.05) is 0 Å². The van der Waals surface area contributed by atoms with Crippen molar-refractivity contribution in [1.29, 1.82) is 0 Å². The molecule has 2 amide bonds. The minimum atomic E-state index is -0.538. The number of ketones is 1. The predicted molar refractivity (Wildman–Crippen MR) is 88.1 cm³/mol. The first-order valence-electron chi connectivity index (χ1n) is 7.89. The zero-order valence-electron chi connectivity index (χ0n) is 12.9. The number of hydrogen-bond acceptors (Lipinski definition) is 3. The molecule has 4 rings (SSSR count). The highest BCUT2D eigenvalue weighted by Gasteiger charge is 2.45. The van der Waals surface area contributed by atoms with Crippen LogP contribution >= 0.6 is 0 Å². The van der Waals surface area contributed by atoms with Gasteiger partial charge in [-0.2, -0.15) is 0 Å². The van der Waals surface area contributed by atoms with E-state index < -0.39 is 12.0 Å². The van der Waals surface area contributed by atoms with Crippen LogP contribution in [0.3, 0.4) is 0 Å². The van der Waals surface area contributed by atoms with Gasteiger partial charge in [0.15, 0.2) is 5.78 Å². The van der Waals surface area contributed by atoms with Crippen LogP contribution in [0.2, 0.25) is 0 Å². The van der Waals surface area contributed by atoms with E-state index in [1.807, 2.05) is 42.5 Å². The summed E-state index contributed by atoms with van der Waals surface area (Å²) in [4.78, 5) is 38.6. The Morgan fingerprint density at radius 3 is 2.21 bits per heavy atom. The van der Waals surface area contributed by atoms with Gasteiger partial charge >= 0.3 is 0 Å². The van der Waals surface area contributed by atoms with E-state index in [4.69, 9.17) is 0 Å². The van der Waals surface area contributed by atoms with Gasteiger partial charge in [-0.3, -0.25) is 19.3 Å². The van der Waals surface area contributed by atoms with Gasteiger partial charge in [0.25, 0.3) is 11.8 Å². The van der Waals surface area contributed by atoms with Gasteiger partial charge < -0.3 is 0 Å². The van der Waals surface area contributed by atoms with Crippen molar-refractivity contribution in [2.24, 2.45) is 5.92 Å². The van der Waals surface area contributed by atoms with Crippen LogP contribution in [0.5, 0.6) is 0 Å². The molecule has 0 unspecified atom stereocenters. The van der Waals surface area contributed by atoms with Gasteiger partial charge in [0, 0.05) is 17.7 Å². The molecule has 118 valence electrons. The number of rotatable bonds is 3. The summed E-state index contributed by atoms with van der Waals surface area (Å²) in [5.74, 6) is -1.19. The second kappa shape index (κ2) is 5.57. The Morgan fingerprint density at radius 1 is 0.875 bits per heavy atom. The molecule has 4 nitrogen and oxygen atoms in total. The average molecular weight is 317 g/mol. The molecule has 4 heteroatoms. The lowest BCUT2D eigenvalue weighted by atomic mass is 9.90. The summed E-state index contributed by atoms with van der Waals surface area (Å²) in [5, 5.41) is 0. The molecule has 24 heavy (non-hydrogen) atoms. The monoisotopic (exact) mass is 317 g/mol. The SMILES string of the molecule is O=C(c1ccccc1)[C@H]1Cc2ccccc2[C@H]1N1C(=O)C=CC1=O. The van der Waals surface area contributed by atoms with E-state index in [1.165, 1.54) is 17.1 Å². The standard InChI is InChI=1S/C20H15NO3/c22-17-10-11-18(23)21(17)19-15-9-5-4-8-14(15)12-16(19)20(24)13-6-2-1-3-7-13/h1-11,16,19H,12H2/t16-,19+/m0/s1. The number of fused-ring (bicyclic) bond motifs is 1. The molecule has 1 aliphatic carbocycles. The highest BCUT2D eigenvalue weighted by Crippen LogP contribution is 2.42. The molecule has 2 aromatic carbocycles. The molecule has 0 aromatic heterocycles. The summed E-state index contributed by atoms with van der Waals surface area (Å²) in [7, 11) is 0. The predicted octanol–water partition coefficient (Wildman–Crippen LogP) is 2.71. The summed E-state index contributed by atoms with van der Waals surface area (Å²) < 4.78 is 0. The second-order valence-corrected chi connectivity index (χ2v) is 6.06. The first-order chi connectivity index (χ1) is 11.7. The molecule has 0 spiro atoms. The van der Waals surface area contributed by atoms with Crippen LogP contribution in [0, 0.1) is 5.92 Å². The van der Waals surface area contributed by atoms with Gasteiger partial charge in [0.2, 0.25) is 0 Å². The Balaban J connectivity index is 1.78. The average Bonchev–Trinajstić information content (AvgIpc) is 3.15. The fourth-order valence-electron chi connectivity index (χ4n) is 3.63. The van der Waals surface area contributed by atoms with Crippen molar-refractivity contribution in [3.05, 3.63) is 83.4 Å². The Morgan fingerprint density at radius 2 is 1.50 bits per heavy atom. The third-order valence-electron chi connectivity index (χ3n) is 4.71. The number of imide groups is 1. The fraction of sp³-hybridized carbons (Fsp3) is 0.150. The van der Waals surface area contributed by atoms with Crippen molar-refractivity contribution >= 4 is 17.6 Å². The zero-order valence-corrected chi connectivity index (χ0v) is 12.9. The van der Waals surface area contributed by atoms with Gasteiger partial charge in [-0.25, -0.2) is 0 Å². The largest absolute Gasteiger partial charge is 0.294 e. The summed E-state index contributed by atoms with van der Waals surface area (Å²) in [6.45, 7) is 0. The van der Waals surface area contributed by atoms with Crippen LogP contribution in [-0.2, 0) is 16.0 Å². The van der Waals surface area contributed by atoms with E-state index in [0.717, 1.165) is 11.1 Å². The first kappa shape index (κ1) is 14.6. The summed E-state index contributed by atoms with van der Waals surface area (Å²) in [6.07, 6.45) is 3.08. The van der Waals surface area contributed by atoms with E-state index >= 15 is 0 Å². The van der Waals surface area contributed by atoms with E-state index in [1.54, 1.807) is 12.1 Å². The maximum absolute atomic E-state index is 13.0. The molecular weight excluding hydrogens is 302 g/mol. The van der Waals surface area contributed by atoms with E-state index in [-0.39, 0.29) is 17.6 Å². The van der Waals surface area contributed by atoms with Crippen molar-refractivity contribution in [3.8, 4) is 0 Å². The molecule has 0 fully saturated rings. The summed E-state index contributed by atoms with van der Waals surface area (Å²) in [5.41, 5.74) is 2.51. The third-order valence-corrected chi connectivity index (χ3v) is 4.71. The molecule has 2 aromatic rings. The second-order valence-electron chi connectivity index (χ2n) is 6.06. The lowest BCUT2D eigenvalue weighted by Gasteiger charge is -2.28. The zero-order chi connectivity index (χ0) is 16.7. The Hall–Kier alpha value is -3.01. The van der Waals surface area contributed by atoms with Crippen LogP contribution < -0.4 is 0 Å². The van der Waals surface area contributed by atoms with Crippen LogP contribution in [0.25, 0.3) is 0 Å². The topological polar surface area (TPSA) is 54.5 Å². The molecular formula is C20H15NO3. The Labute approximate surface area is 139 Å². The van der Waals surface area contributed by atoms with Crippen molar-refractivity contribution < 1.29 is 14.4 Å². The lowest BCUT2D eigenvalue weighted by molar-refractivity contribution is -0.140. The van der Waals surface area contributed by atoms with Crippen LogP contribution in [0.15, 0.2) is 66.7 Å². The Bertz CT molecular complexity index is 851. The van der Waals surface area contributed by atoms with E-state index in [9.17, 15) is 14.4 Å². The van der Waals surface area contributed by atoms with Gasteiger partial charge in [-0.15, -0.1) is 0 Å². The normalized spacial score (nSPS) is 22.1. The number of carbonyl (C=O) groups excluding carboxylic acids is 3. The molecule has 0 saturated carbocycles. The van der Waals surface area contributed by atoms with Gasteiger partial charge in [-0.05, 0) is 17.5 Å². The fourth-order valence-corrected chi connectivity index (χ4v) is 3.63. The smallest absolute Gasteiger partial charge is 0.254 e. The number of carbonyl (C=O) groups is 3. The quantitative estimate of drug-likeness (QED) is 0.646. The number of Topliss-reactive ketones (excluding diaryl/α,β-unsaturated/α-hetero) is 1. The van der Waals surface area contributed by atoms with Gasteiger partial charge in [0.1, 0.15) is 0 Å². The van der Waals surface area contributed by atoms with Gasteiger partial charge in [-0.1, -0.05) is 54.6 Å². The highest BCUT2D eigenvalue weighted by molar-refractivity contribution is 6.14. The van der Waals surface area contributed by atoms with Crippen molar-refractivity contribution in [3.63, 3.8) is 0 Å². The molecule has 0 saturated heterocycles. The molecule has 1 heterocycles. The molecule has 0 radical (unpaired) electrons. The minimum Gasteiger partial charge on any atom is -0.294 e. The molecule has 1 aliphatic heterocycles. The van der Waals surface area contributed by atoms with Crippen LogP contribution in [0.4, 0.5) is 0 Å². The van der Waals surface area contributed by atoms with E-state index in [2.05, 4.69) is 0 Å². The number of benzene rings is 2. The highest BCUT2D eigenvalue weighted by atomic mass is 16.2. The third kappa shape index (κ3) is 2.19. The minimum absolute atomic E-state index is 0.0377. The summed E-state index contributed by atoms with van der Waals surface area (Å²) >= 11 is 0. The Kier molecular flexibility index (Phi) is 3.38. The first-order valence-corrected chi connectivity index (χ1v) is 7.89.